The fourth-order valence-electron chi connectivity index (χ4n) is 2.82. The third-order valence-corrected chi connectivity index (χ3v) is 4.61. The second-order valence-corrected chi connectivity index (χ2v) is 6.53. The number of carboxylic acids is 1. The third-order valence-electron chi connectivity index (χ3n) is 3.94. The van der Waals surface area contributed by atoms with Crippen LogP contribution in [0.25, 0.3) is 0 Å². The minimum absolute atomic E-state index is 0.0233. The largest absolute Gasteiger partial charge is 0.481 e. The van der Waals surface area contributed by atoms with Crippen LogP contribution < -0.4 is 5.32 Å². The molecule has 114 valence electrons. The van der Waals surface area contributed by atoms with Crippen molar-refractivity contribution in [2.75, 3.05) is 11.9 Å². The lowest BCUT2D eigenvalue weighted by Crippen LogP contribution is -2.31. The van der Waals surface area contributed by atoms with Gasteiger partial charge in [0.25, 0.3) is 5.69 Å². The van der Waals surface area contributed by atoms with Crippen LogP contribution in [0.15, 0.2) is 18.2 Å². The first-order chi connectivity index (χ1) is 9.99. The van der Waals surface area contributed by atoms with Gasteiger partial charge in [-0.1, -0.05) is 12.8 Å². The standard InChI is InChI=1S/C14H17IN2O4/c15-10-5-6-12(13(7-10)17(20)21)16-8-9-3-1-2-4-11(9)14(18)19/h5-7,9,11,16H,1-4,8H2,(H,18,19). The van der Waals surface area contributed by atoms with Gasteiger partial charge in [0.2, 0.25) is 0 Å². The van der Waals surface area contributed by atoms with E-state index in [4.69, 9.17) is 0 Å². The Kier molecular flexibility index (Phi) is 5.38. The molecule has 6 nitrogen and oxygen atoms in total. The van der Waals surface area contributed by atoms with Gasteiger partial charge in [0, 0.05) is 16.2 Å². The maximum absolute atomic E-state index is 11.3. The second-order valence-electron chi connectivity index (χ2n) is 5.29. The van der Waals surface area contributed by atoms with Gasteiger partial charge in [-0.05, 0) is 53.5 Å². The van der Waals surface area contributed by atoms with E-state index in [9.17, 15) is 20.0 Å². The Bertz CT molecular complexity index is 550. The summed E-state index contributed by atoms with van der Waals surface area (Å²) in [6, 6.07) is 4.99. The lowest BCUT2D eigenvalue weighted by molar-refractivity contribution is -0.384. The highest BCUT2D eigenvalue weighted by Gasteiger charge is 2.30. The molecule has 0 aromatic heterocycles. The van der Waals surface area contributed by atoms with E-state index in [1.165, 1.54) is 6.07 Å². The summed E-state index contributed by atoms with van der Waals surface area (Å²) >= 11 is 2.03. The van der Waals surface area contributed by atoms with Crippen molar-refractivity contribution in [3.8, 4) is 0 Å². The number of carboxylic acid groups (broad SMARTS) is 1. The van der Waals surface area contributed by atoms with Crippen LogP contribution in [-0.4, -0.2) is 22.5 Å². The Balaban J connectivity index is 2.08. The molecule has 21 heavy (non-hydrogen) atoms. The van der Waals surface area contributed by atoms with Crippen LogP contribution in [0, 0.1) is 25.5 Å². The number of hydrogen-bond donors (Lipinski definition) is 2. The number of carbonyl (C=O) groups is 1. The minimum atomic E-state index is -0.765. The van der Waals surface area contributed by atoms with Gasteiger partial charge < -0.3 is 10.4 Å². The molecular formula is C14H17IN2O4. The molecule has 0 saturated heterocycles. The van der Waals surface area contributed by atoms with Gasteiger partial charge in [0.1, 0.15) is 5.69 Å². The van der Waals surface area contributed by atoms with E-state index in [-0.39, 0.29) is 17.5 Å². The summed E-state index contributed by atoms with van der Waals surface area (Å²) in [6.07, 6.45) is 3.50. The molecule has 1 aliphatic carbocycles. The van der Waals surface area contributed by atoms with Crippen molar-refractivity contribution in [2.45, 2.75) is 25.7 Å². The van der Waals surface area contributed by atoms with E-state index in [0.717, 1.165) is 22.8 Å². The van der Waals surface area contributed by atoms with Crippen molar-refractivity contribution >= 4 is 39.9 Å². The molecule has 0 amide bonds. The highest BCUT2D eigenvalue weighted by molar-refractivity contribution is 14.1. The summed E-state index contributed by atoms with van der Waals surface area (Å²) in [5, 5.41) is 23.4. The molecule has 0 aliphatic heterocycles. The smallest absolute Gasteiger partial charge is 0.306 e. The first-order valence-corrected chi connectivity index (χ1v) is 7.97. The van der Waals surface area contributed by atoms with Crippen LogP contribution in [-0.2, 0) is 4.79 Å². The SMILES string of the molecule is O=C(O)C1CCCCC1CNc1ccc(I)cc1[N+](=O)[O-]. The summed E-state index contributed by atoms with van der Waals surface area (Å²) in [6.45, 7) is 0.457. The van der Waals surface area contributed by atoms with Crippen molar-refractivity contribution in [3.05, 3.63) is 31.9 Å². The molecule has 1 aliphatic rings. The molecular weight excluding hydrogens is 387 g/mol. The number of nitro benzene ring substituents is 1. The van der Waals surface area contributed by atoms with Gasteiger partial charge in [-0.3, -0.25) is 14.9 Å². The molecule has 1 aromatic rings. The molecule has 2 atom stereocenters. The number of anilines is 1. The molecule has 7 heteroatoms. The first kappa shape index (κ1) is 16.0. The lowest BCUT2D eigenvalue weighted by atomic mass is 9.79. The van der Waals surface area contributed by atoms with Gasteiger partial charge in [-0.25, -0.2) is 0 Å². The number of halogens is 1. The summed E-state index contributed by atoms with van der Waals surface area (Å²) in [4.78, 5) is 21.9. The number of nitrogens with zero attached hydrogens (tertiary/aromatic N) is 1. The van der Waals surface area contributed by atoms with Gasteiger partial charge >= 0.3 is 5.97 Å². The van der Waals surface area contributed by atoms with Crippen molar-refractivity contribution in [1.82, 2.24) is 0 Å². The van der Waals surface area contributed by atoms with Crippen LogP contribution in [0.4, 0.5) is 11.4 Å². The lowest BCUT2D eigenvalue weighted by Gasteiger charge is -2.28. The Morgan fingerprint density at radius 1 is 1.43 bits per heavy atom. The summed E-state index contributed by atoms with van der Waals surface area (Å²) in [5.74, 6) is -1.09. The molecule has 0 radical (unpaired) electrons. The van der Waals surface area contributed by atoms with Crippen molar-refractivity contribution < 1.29 is 14.8 Å². The average Bonchev–Trinajstić information content (AvgIpc) is 2.46. The number of nitrogens with one attached hydrogen (secondary N) is 1. The summed E-state index contributed by atoms with van der Waals surface area (Å²) < 4.78 is 0.797. The van der Waals surface area contributed by atoms with Crippen LogP contribution >= 0.6 is 22.6 Å². The van der Waals surface area contributed by atoms with Crippen molar-refractivity contribution in [2.24, 2.45) is 11.8 Å². The zero-order valence-corrected chi connectivity index (χ0v) is 13.6. The number of hydrogen-bond acceptors (Lipinski definition) is 4. The van der Waals surface area contributed by atoms with E-state index in [1.54, 1.807) is 12.1 Å². The van der Waals surface area contributed by atoms with E-state index in [2.05, 4.69) is 5.32 Å². The number of benzene rings is 1. The predicted molar refractivity (Wildman–Crippen MR) is 87.4 cm³/mol. The van der Waals surface area contributed by atoms with Gasteiger partial charge in [-0.15, -0.1) is 0 Å². The van der Waals surface area contributed by atoms with Crippen molar-refractivity contribution in [1.29, 1.82) is 0 Å². The van der Waals surface area contributed by atoms with Gasteiger partial charge in [-0.2, -0.15) is 0 Å². The van der Waals surface area contributed by atoms with E-state index < -0.39 is 10.9 Å². The first-order valence-electron chi connectivity index (χ1n) is 6.89. The molecule has 1 aromatic carbocycles. The Morgan fingerprint density at radius 3 is 2.81 bits per heavy atom. The molecule has 0 bridgehead atoms. The highest BCUT2D eigenvalue weighted by atomic mass is 127. The summed E-state index contributed by atoms with van der Waals surface area (Å²) in [7, 11) is 0. The molecule has 0 heterocycles. The molecule has 2 unspecified atom stereocenters. The maximum atomic E-state index is 11.3. The Hall–Kier alpha value is -1.38. The fourth-order valence-corrected chi connectivity index (χ4v) is 3.30. The van der Waals surface area contributed by atoms with E-state index >= 15 is 0 Å². The molecule has 0 spiro atoms. The van der Waals surface area contributed by atoms with Crippen molar-refractivity contribution in [3.63, 3.8) is 0 Å². The van der Waals surface area contributed by atoms with Crippen LogP contribution in [0.3, 0.4) is 0 Å². The third kappa shape index (κ3) is 4.05. The molecule has 1 fully saturated rings. The van der Waals surface area contributed by atoms with Gasteiger partial charge in [0.15, 0.2) is 0 Å². The Morgan fingerprint density at radius 2 is 2.14 bits per heavy atom. The summed E-state index contributed by atoms with van der Waals surface area (Å²) in [5.41, 5.74) is 0.486. The normalized spacial score (nSPS) is 21.8. The highest BCUT2D eigenvalue weighted by Crippen LogP contribution is 2.32. The van der Waals surface area contributed by atoms with Crippen LogP contribution in [0.1, 0.15) is 25.7 Å². The van der Waals surface area contributed by atoms with Gasteiger partial charge in [0.05, 0.1) is 10.8 Å². The maximum Gasteiger partial charge on any atom is 0.306 e. The molecule has 2 N–H and O–H groups in total. The topological polar surface area (TPSA) is 92.5 Å². The van der Waals surface area contributed by atoms with Crippen LogP contribution in [0.2, 0.25) is 0 Å². The zero-order chi connectivity index (χ0) is 15.4. The number of nitro groups is 1. The second kappa shape index (κ2) is 7.06. The van der Waals surface area contributed by atoms with Crippen LogP contribution in [0.5, 0.6) is 0 Å². The molecule has 2 rings (SSSR count). The minimum Gasteiger partial charge on any atom is -0.481 e. The Labute approximate surface area is 136 Å². The quantitative estimate of drug-likeness (QED) is 0.445. The zero-order valence-electron chi connectivity index (χ0n) is 11.4. The average molecular weight is 404 g/mol. The number of rotatable bonds is 5. The fraction of sp³-hybridized carbons (Fsp3) is 0.500. The predicted octanol–water partition coefficient (Wildman–Crippen LogP) is 3.50. The molecule has 1 saturated carbocycles. The number of aliphatic carboxylic acids is 1. The van der Waals surface area contributed by atoms with E-state index in [1.807, 2.05) is 22.6 Å². The monoisotopic (exact) mass is 404 g/mol. The van der Waals surface area contributed by atoms with E-state index in [0.29, 0.717) is 18.7 Å².